The van der Waals surface area contributed by atoms with Gasteiger partial charge < -0.3 is 10.5 Å². The highest BCUT2D eigenvalue weighted by atomic mass is 79.9. The van der Waals surface area contributed by atoms with Crippen LogP contribution in [0.2, 0.25) is 0 Å². The van der Waals surface area contributed by atoms with E-state index in [9.17, 15) is 0 Å². The summed E-state index contributed by atoms with van der Waals surface area (Å²) in [4.78, 5) is 0. The SMILES string of the molecule is Cc1cc(OCC(C)N)ccc1Br. The molecule has 0 spiro atoms. The van der Waals surface area contributed by atoms with Crippen LogP contribution < -0.4 is 10.5 Å². The Bertz CT molecular complexity index is 286. The Hall–Kier alpha value is -0.540. The summed E-state index contributed by atoms with van der Waals surface area (Å²) in [7, 11) is 0. The van der Waals surface area contributed by atoms with Crippen molar-refractivity contribution < 1.29 is 4.74 Å². The second kappa shape index (κ2) is 4.63. The van der Waals surface area contributed by atoms with Crippen molar-refractivity contribution in [2.45, 2.75) is 19.9 Å². The predicted octanol–water partition coefficient (Wildman–Crippen LogP) is 2.48. The van der Waals surface area contributed by atoms with Gasteiger partial charge in [0.05, 0.1) is 0 Å². The number of nitrogens with two attached hydrogens (primary N) is 1. The molecule has 0 aliphatic rings. The molecule has 2 N–H and O–H groups in total. The zero-order valence-corrected chi connectivity index (χ0v) is 9.47. The molecule has 3 heteroatoms. The molecule has 0 aliphatic heterocycles. The van der Waals surface area contributed by atoms with Crippen LogP contribution in [-0.4, -0.2) is 12.6 Å². The first-order valence-corrected chi connectivity index (χ1v) is 5.03. The Kier molecular flexibility index (Phi) is 3.75. The largest absolute Gasteiger partial charge is 0.492 e. The van der Waals surface area contributed by atoms with Crippen LogP contribution in [-0.2, 0) is 0 Å². The number of aryl methyl sites for hydroxylation is 1. The van der Waals surface area contributed by atoms with Crippen LogP contribution in [0.15, 0.2) is 22.7 Å². The Labute approximate surface area is 87.2 Å². The molecule has 1 rings (SSSR count). The first kappa shape index (κ1) is 10.5. The van der Waals surface area contributed by atoms with Crippen LogP contribution in [0.1, 0.15) is 12.5 Å². The van der Waals surface area contributed by atoms with E-state index in [2.05, 4.69) is 15.9 Å². The van der Waals surface area contributed by atoms with Gasteiger partial charge in [-0.05, 0) is 37.6 Å². The summed E-state index contributed by atoms with van der Waals surface area (Å²) < 4.78 is 6.56. The average molecular weight is 244 g/mol. The summed E-state index contributed by atoms with van der Waals surface area (Å²) in [6, 6.07) is 5.97. The molecular formula is C10H14BrNO. The van der Waals surface area contributed by atoms with Gasteiger partial charge in [0.2, 0.25) is 0 Å². The number of hydrogen-bond acceptors (Lipinski definition) is 2. The Morgan fingerprint density at radius 3 is 2.77 bits per heavy atom. The van der Waals surface area contributed by atoms with Crippen LogP contribution >= 0.6 is 15.9 Å². The molecular weight excluding hydrogens is 230 g/mol. The van der Waals surface area contributed by atoms with E-state index in [0.29, 0.717) is 6.61 Å². The van der Waals surface area contributed by atoms with Crippen LogP contribution in [0.5, 0.6) is 5.75 Å². The molecule has 0 fully saturated rings. The highest BCUT2D eigenvalue weighted by Crippen LogP contribution is 2.21. The quantitative estimate of drug-likeness (QED) is 0.886. The predicted molar refractivity (Wildman–Crippen MR) is 58.0 cm³/mol. The highest BCUT2D eigenvalue weighted by molar-refractivity contribution is 9.10. The lowest BCUT2D eigenvalue weighted by Crippen LogP contribution is -2.23. The first-order chi connectivity index (χ1) is 6.09. The monoisotopic (exact) mass is 243 g/mol. The van der Waals surface area contributed by atoms with Gasteiger partial charge in [0.25, 0.3) is 0 Å². The molecule has 0 radical (unpaired) electrons. The third-order valence-corrected chi connectivity index (χ3v) is 2.53. The maximum atomic E-state index is 5.57. The third kappa shape index (κ3) is 3.36. The molecule has 0 saturated heterocycles. The van der Waals surface area contributed by atoms with Crippen LogP contribution in [0, 0.1) is 6.92 Å². The zero-order valence-electron chi connectivity index (χ0n) is 7.88. The van der Waals surface area contributed by atoms with Crippen LogP contribution in [0.3, 0.4) is 0 Å². The summed E-state index contributed by atoms with van der Waals surface area (Å²) in [6.45, 7) is 4.51. The normalized spacial score (nSPS) is 12.6. The van der Waals surface area contributed by atoms with Gasteiger partial charge in [-0.3, -0.25) is 0 Å². The van der Waals surface area contributed by atoms with Crippen molar-refractivity contribution in [3.63, 3.8) is 0 Å². The van der Waals surface area contributed by atoms with Crippen molar-refractivity contribution in [3.8, 4) is 5.75 Å². The van der Waals surface area contributed by atoms with E-state index in [0.717, 1.165) is 10.2 Å². The first-order valence-electron chi connectivity index (χ1n) is 4.24. The van der Waals surface area contributed by atoms with E-state index in [-0.39, 0.29) is 6.04 Å². The van der Waals surface area contributed by atoms with Crippen molar-refractivity contribution in [2.24, 2.45) is 5.73 Å². The van der Waals surface area contributed by atoms with E-state index in [4.69, 9.17) is 10.5 Å². The van der Waals surface area contributed by atoms with Crippen LogP contribution in [0.25, 0.3) is 0 Å². The molecule has 1 aromatic carbocycles. The summed E-state index contributed by atoms with van der Waals surface area (Å²) >= 11 is 3.43. The topological polar surface area (TPSA) is 35.2 Å². The molecule has 0 aliphatic carbocycles. The molecule has 0 heterocycles. The summed E-state index contributed by atoms with van der Waals surface area (Å²) in [5.74, 6) is 0.873. The molecule has 1 aromatic rings. The van der Waals surface area contributed by atoms with E-state index in [1.165, 1.54) is 5.56 Å². The molecule has 13 heavy (non-hydrogen) atoms. The Balaban J connectivity index is 2.63. The lowest BCUT2D eigenvalue weighted by atomic mass is 10.2. The summed E-state index contributed by atoms with van der Waals surface area (Å²) in [5.41, 5.74) is 6.74. The van der Waals surface area contributed by atoms with Gasteiger partial charge in [-0.25, -0.2) is 0 Å². The van der Waals surface area contributed by atoms with E-state index in [1.54, 1.807) is 0 Å². The van der Waals surface area contributed by atoms with E-state index >= 15 is 0 Å². The lowest BCUT2D eigenvalue weighted by Gasteiger charge is -2.09. The summed E-state index contributed by atoms with van der Waals surface area (Å²) in [5, 5.41) is 0. The minimum absolute atomic E-state index is 0.0731. The van der Waals surface area contributed by atoms with Gasteiger partial charge in [-0.2, -0.15) is 0 Å². The second-order valence-electron chi connectivity index (χ2n) is 3.20. The van der Waals surface area contributed by atoms with Crippen molar-refractivity contribution >= 4 is 15.9 Å². The van der Waals surface area contributed by atoms with Gasteiger partial charge in [-0.1, -0.05) is 15.9 Å². The number of halogens is 1. The van der Waals surface area contributed by atoms with E-state index in [1.807, 2.05) is 32.0 Å². The zero-order chi connectivity index (χ0) is 9.84. The third-order valence-electron chi connectivity index (χ3n) is 1.64. The number of rotatable bonds is 3. The van der Waals surface area contributed by atoms with Gasteiger partial charge in [0.15, 0.2) is 0 Å². The van der Waals surface area contributed by atoms with E-state index < -0.39 is 0 Å². The van der Waals surface area contributed by atoms with Gasteiger partial charge in [0, 0.05) is 10.5 Å². The number of ether oxygens (including phenoxy) is 1. The standard InChI is InChI=1S/C10H14BrNO/c1-7-5-9(3-4-10(7)11)13-6-8(2)12/h3-5,8H,6,12H2,1-2H3. The molecule has 1 atom stereocenters. The van der Waals surface area contributed by atoms with Crippen molar-refractivity contribution in [3.05, 3.63) is 28.2 Å². The molecule has 0 saturated carbocycles. The Morgan fingerprint density at radius 1 is 1.54 bits per heavy atom. The smallest absolute Gasteiger partial charge is 0.119 e. The lowest BCUT2D eigenvalue weighted by molar-refractivity contribution is 0.296. The van der Waals surface area contributed by atoms with Crippen molar-refractivity contribution in [1.82, 2.24) is 0 Å². The highest BCUT2D eigenvalue weighted by Gasteiger charge is 1.99. The minimum atomic E-state index is 0.0731. The molecule has 2 nitrogen and oxygen atoms in total. The number of benzene rings is 1. The maximum Gasteiger partial charge on any atom is 0.119 e. The number of hydrogen-bond donors (Lipinski definition) is 1. The molecule has 72 valence electrons. The van der Waals surface area contributed by atoms with Crippen molar-refractivity contribution in [1.29, 1.82) is 0 Å². The second-order valence-corrected chi connectivity index (χ2v) is 4.05. The minimum Gasteiger partial charge on any atom is -0.492 e. The fraction of sp³-hybridized carbons (Fsp3) is 0.400. The van der Waals surface area contributed by atoms with Gasteiger partial charge >= 0.3 is 0 Å². The fourth-order valence-electron chi connectivity index (χ4n) is 0.935. The average Bonchev–Trinajstić information content (AvgIpc) is 2.07. The van der Waals surface area contributed by atoms with Crippen molar-refractivity contribution in [2.75, 3.05) is 6.61 Å². The fourth-order valence-corrected chi connectivity index (χ4v) is 1.18. The molecule has 1 unspecified atom stereocenters. The van der Waals surface area contributed by atoms with Gasteiger partial charge in [0.1, 0.15) is 12.4 Å². The molecule has 0 bridgehead atoms. The van der Waals surface area contributed by atoms with Gasteiger partial charge in [-0.15, -0.1) is 0 Å². The maximum absolute atomic E-state index is 5.57. The molecule has 0 aromatic heterocycles. The van der Waals surface area contributed by atoms with Crippen LogP contribution in [0.4, 0.5) is 0 Å². The Morgan fingerprint density at radius 2 is 2.23 bits per heavy atom. The summed E-state index contributed by atoms with van der Waals surface area (Å²) in [6.07, 6.45) is 0. The molecule has 0 amide bonds.